The van der Waals surface area contributed by atoms with Crippen molar-refractivity contribution < 1.29 is 8.42 Å². The fourth-order valence-electron chi connectivity index (χ4n) is 3.25. The molecule has 152 valence electrons. The third-order valence-electron chi connectivity index (χ3n) is 4.78. The van der Waals surface area contributed by atoms with Crippen LogP contribution < -0.4 is 10.6 Å². The van der Waals surface area contributed by atoms with Crippen molar-refractivity contribution >= 4 is 16.0 Å². The number of aliphatic imine (C=N–C) groups is 1. The average molecular weight is 396 g/mol. The van der Waals surface area contributed by atoms with Crippen molar-refractivity contribution in [3.63, 3.8) is 0 Å². The lowest BCUT2D eigenvalue weighted by Crippen LogP contribution is -2.50. The normalized spacial score (nSPS) is 17.1. The first-order valence-electron chi connectivity index (χ1n) is 9.88. The SMILES string of the molecule is CCCS(=O)(=O)N1CCC(NC(=NCCc2ccncc2C)NCC)CC1. The molecule has 0 saturated carbocycles. The van der Waals surface area contributed by atoms with Gasteiger partial charge in [-0.2, -0.15) is 0 Å². The Hall–Kier alpha value is -1.67. The molecule has 0 amide bonds. The zero-order valence-electron chi connectivity index (χ0n) is 16.7. The number of nitrogens with zero attached hydrogens (tertiary/aromatic N) is 3. The van der Waals surface area contributed by atoms with Crippen molar-refractivity contribution in [2.24, 2.45) is 4.99 Å². The lowest BCUT2D eigenvalue weighted by atomic mass is 10.1. The highest BCUT2D eigenvalue weighted by molar-refractivity contribution is 7.89. The van der Waals surface area contributed by atoms with Crippen molar-refractivity contribution in [3.05, 3.63) is 29.6 Å². The molecule has 2 heterocycles. The maximum Gasteiger partial charge on any atom is 0.214 e. The van der Waals surface area contributed by atoms with Crippen molar-refractivity contribution in [1.82, 2.24) is 19.9 Å². The van der Waals surface area contributed by atoms with Crippen molar-refractivity contribution in [1.29, 1.82) is 0 Å². The van der Waals surface area contributed by atoms with Crippen LogP contribution in [0, 0.1) is 6.92 Å². The predicted octanol–water partition coefficient (Wildman–Crippen LogP) is 1.69. The van der Waals surface area contributed by atoms with Crippen LogP contribution in [0.15, 0.2) is 23.5 Å². The quantitative estimate of drug-likeness (QED) is 0.517. The van der Waals surface area contributed by atoms with Crippen LogP contribution in [0.5, 0.6) is 0 Å². The second kappa shape index (κ2) is 10.6. The Labute approximate surface area is 163 Å². The highest BCUT2D eigenvalue weighted by atomic mass is 32.2. The van der Waals surface area contributed by atoms with E-state index in [1.54, 1.807) is 4.31 Å². The number of guanidine groups is 1. The summed E-state index contributed by atoms with van der Waals surface area (Å²) in [6, 6.07) is 2.29. The van der Waals surface area contributed by atoms with Crippen LogP contribution >= 0.6 is 0 Å². The van der Waals surface area contributed by atoms with Gasteiger partial charge in [0.25, 0.3) is 0 Å². The van der Waals surface area contributed by atoms with E-state index in [4.69, 9.17) is 0 Å². The van der Waals surface area contributed by atoms with Gasteiger partial charge >= 0.3 is 0 Å². The fraction of sp³-hybridized carbons (Fsp3) is 0.684. The molecule has 1 saturated heterocycles. The summed E-state index contributed by atoms with van der Waals surface area (Å²) >= 11 is 0. The highest BCUT2D eigenvalue weighted by Gasteiger charge is 2.27. The molecule has 0 atom stereocenters. The number of rotatable bonds is 8. The molecule has 2 N–H and O–H groups in total. The second-order valence-corrected chi connectivity index (χ2v) is 9.03. The molecular weight excluding hydrogens is 362 g/mol. The largest absolute Gasteiger partial charge is 0.357 e. The van der Waals surface area contributed by atoms with Crippen LogP contribution in [0.2, 0.25) is 0 Å². The number of sulfonamides is 1. The lowest BCUT2D eigenvalue weighted by molar-refractivity contribution is 0.306. The van der Waals surface area contributed by atoms with Gasteiger partial charge in [0.1, 0.15) is 0 Å². The molecule has 0 radical (unpaired) electrons. The average Bonchev–Trinajstić information content (AvgIpc) is 2.64. The van der Waals surface area contributed by atoms with Gasteiger partial charge in [0.2, 0.25) is 10.0 Å². The summed E-state index contributed by atoms with van der Waals surface area (Å²) in [5.74, 6) is 1.04. The lowest BCUT2D eigenvalue weighted by Gasteiger charge is -2.32. The number of hydrogen-bond donors (Lipinski definition) is 2. The molecule has 1 aromatic heterocycles. The topological polar surface area (TPSA) is 86.7 Å². The Morgan fingerprint density at radius 2 is 2.07 bits per heavy atom. The predicted molar refractivity (Wildman–Crippen MR) is 110 cm³/mol. The van der Waals surface area contributed by atoms with Gasteiger partial charge in [-0.05, 0) is 56.7 Å². The van der Waals surface area contributed by atoms with Crippen LogP contribution in [-0.2, 0) is 16.4 Å². The molecule has 8 heteroatoms. The van der Waals surface area contributed by atoms with E-state index in [1.165, 1.54) is 11.1 Å². The van der Waals surface area contributed by atoms with E-state index in [1.807, 2.05) is 32.3 Å². The minimum absolute atomic E-state index is 0.240. The summed E-state index contributed by atoms with van der Waals surface area (Å²) < 4.78 is 26.0. The van der Waals surface area contributed by atoms with E-state index >= 15 is 0 Å². The number of aromatic nitrogens is 1. The number of aryl methyl sites for hydroxylation is 1. The van der Waals surface area contributed by atoms with Crippen molar-refractivity contribution in [3.8, 4) is 0 Å². The molecule has 0 aromatic carbocycles. The minimum Gasteiger partial charge on any atom is -0.357 e. The van der Waals surface area contributed by atoms with Crippen molar-refractivity contribution in [2.75, 3.05) is 31.9 Å². The third kappa shape index (κ3) is 6.77. The summed E-state index contributed by atoms with van der Waals surface area (Å²) in [6.07, 6.45) is 6.83. The molecule has 0 spiro atoms. The maximum absolute atomic E-state index is 12.2. The number of pyridine rings is 1. The van der Waals surface area contributed by atoms with E-state index in [0.29, 0.717) is 26.1 Å². The van der Waals surface area contributed by atoms with Gasteiger partial charge in [-0.15, -0.1) is 0 Å². The molecule has 1 aliphatic heterocycles. The van der Waals surface area contributed by atoms with Gasteiger partial charge in [-0.1, -0.05) is 6.92 Å². The summed E-state index contributed by atoms with van der Waals surface area (Å²) in [4.78, 5) is 8.81. The Morgan fingerprint density at radius 1 is 1.33 bits per heavy atom. The third-order valence-corrected chi connectivity index (χ3v) is 6.86. The first-order valence-corrected chi connectivity index (χ1v) is 11.5. The monoisotopic (exact) mass is 395 g/mol. The summed E-state index contributed by atoms with van der Waals surface area (Å²) in [6.45, 7) is 8.66. The van der Waals surface area contributed by atoms with Crippen LogP contribution in [-0.4, -0.2) is 61.6 Å². The first kappa shape index (κ1) is 21.6. The molecule has 0 unspecified atom stereocenters. The van der Waals surface area contributed by atoms with Crippen LogP contribution in [0.4, 0.5) is 0 Å². The second-order valence-electron chi connectivity index (χ2n) is 6.95. The number of piperidine rings is 1. The van der Waals surface area contributed by atoms with Gasteiger partial charge in [0.05, 0.1) is 5.75 Å². The molecule has 7 nitrogen and oxygen atoms in total. The molecule has 27 heavy (non-hydrogen) atoms. The summed E-state index contributed by atoms with van der Waals surface area (Å²) in [5, 5.41) is 6.75. The van der Waals surface area contributed by atoms with Crippen LogP contribution in [0.3, 0.4) is 0 Å². The molecule has 0 aliphatic carbocycles. The first-order chi connectivity index (χ1) is 13.0. The minimum atomic E-state index is -3.09. The molecule has 1 fully saturated rings. The van der Waals surface area contributed by atoms with Crippen LogP contribution in [0.25, 0.3) is 0 Å². The fourth-order valence-corrected chi connectivity index (χ4v) is 4.79. The standard InChI is InChI=1S/C19H33N5O2S/c1-4-14-27(25,26)24-12-8-18(9-13-24)23-19(21-5-2)22-11-7-17-6-10-20-15-16(17)3/h6,10,15,18H,4-5,7-9,11-14H2,1-3H3,(H2,21,22,23). The summed E-state index contributed by atoms with van der Waals surface area (Å²) in [5.41, 5.74) is 2.45. The van der Waals surface area contributed by atoms with Gasteiger partial charge < -0.3 is 10.6 Å². The summed E-state index contributed by atoms with van der Waals surface area (Å²) in [7, 11) is -3.09. The Morgan fingerprint density at radius 3 is 2.70 bits per heavy atom. The van der Waals surface area contributed by atoms with E-state index in [2.05, 4.69) is 27.5 Å². The zero-order chi connectivity index (χ0) is 19.7. The molecule has 2 rings (SSSR count). The Kier molecular flexibility index (Phi) is 8.50. The molecule has 1 aliphatic rings. The maximum atomic E-state index is 12.2. The smallest absolute Gasteiger partial charge is 0.214 e. The highest BCUT2D eigenvalue weighted by Crippen LogP contribution is 2.15. The van der Waals surface area contributed by atoms with E-state index < -0.39 is 10.0 Å². The van der Waals surface area contributed by atoms with Gasteiger partial charge in [0.15, 0.2) is 5.96 Å². The van der Waals surface area contributed by atoms with Crippen LogP contribution in [0.1, 0.15) is 44.2 Å². The van der Waals surface area contributed by atoms with E-state index in [0.717, 1.165) is 31.8 Å². The zero-order valence-corrected chi connectivity index (χ0v) is 17.6. The van der Waals surface area contributed by atoms with Gasteiger partial charge in [0, 0.05) is 44.6 Å². The van der Waals surface area contributed by atoms with E-state index in [-0.39, 0.29) is 11.8 Å². The molecule has 1 aromatic rings. The Balaban J connectivity index is 1.86. The number of nitrogens with one attached hydrogen (secondary N) is 2. The van der Waals surface area contributed by atoms with Crippen molar-refractivity contribution in [2.45, 2.75) is 52.5 Å². The van der Waals surface area contributed by atoms with Gasteiger partial charge in [-0.3, -0.25) is 9.98 Å². The molecular formula is C19H33N5O2S. The Bertz CT molecular complexity index is 713. The van der Waals surface area contributed by atoms with E-state index in [9.17, 15) is 8.42 Å². The van der Waals surface area contributed by atoms with Gasteiger partial charge in [-0.25, -0.2) is 12.7 Å². The molecule has 0 bridgehead atoms. The number of hydrogen-bond acceptors (Lipinski definition) is 4.